The molecule has 2 nitrogen and oxygen atoms in total. The van der Waals surface area contributed by atoms with Gasteiger partial charge in [0.05, 0.1) is 6.61 Å². The fraction of sp³-hybridized carbons (Fsp3) is 0.500. The molecule has 0 aliphatic carbocycles. The number of hydrogen-bond acceptors (Lipinski definition) is 2. The SMILES string of the molecule is CC(C)(C)[Si](C)(C)OCc1ccc(C(N)=S)cc1. The Morgan fingerprint density at radius 2 is 1.72 bits per heavy atom. The van der Waals surface area contributed by atoms with Crippen molar-refractivity contribution in [3.63, 3.8) is 0 Å². The molecule has 0 amide bonds. The third-order valence-electron chi connectivity index (χ3n) is 3.64. The summed E-state index contributed by atoms with van der Waals surface area (Å²) in [5.74, 6) is 0. The minimum Gasteiger partial charge on any atom is -0.413 e. The Labute approximate surface area is 117 Å². The summed E-state index contributed by atoms with van der Waals surface area (Å²) in [5, 5.41) is 0.242. The second-order valence-corrected chi connectivity index (χ2v) is 11.4. The van der Waals surface area contributed by atoms with Gasteiger partial charge in [0, 0.05) is 5.56 Å². The molecule has 18 heavy (non-hydrogen) atoms. The van der Waals surface area contributed by atoms with Gasteiger partial charge in [-0.25, -0.2) is 0 Å². The van der Waals surface area contributed by atoms with E-state index >= 15 is 0 Å². The summed E-state index contributed by atoms with van der Waals surface area (Å²) < 4.78 is 6.16. The highest BCUT2D eigenvalue weighted by Crippen LogP contribution is 2.37. The molecular formula is C14H23NOSSi. The highest BCUT2D eigenvalue weighted by atomic mass is 32.1. The van der Waals surface area contributed by atoms with Crippen LogP contribution in [0.2, 0.25) is 18.1 Å². The lowest BCUT2D eigenvalue weighted by Crippen LogP contribution is -2.40. The molecule has 0 saturated heterocycles. The minimum atomic E-state index is -1.67. The van der Waals surface area contributed by atoms with E-state index in [4.69, 9.17) is 22.4 Å². The quantitative estimate of drug-likeness (QED) is 0.672. The lowest BCUT2D eigenvalue weighted by Gasteiger charge is -2.36. The summed E-state index contributed by atoms with van der Waals surface area (Å²) >= 11 is 4.93. The maximum absolute atomic E-state index is 6.16. The predicted octanol–water partition coefficient (Wildman–Crippen LogP) is 3.84. The van der Waals surface area contributed by atoms with E-state index in [0.29, 0.717) is 11.6 Å². The molecule has 0 saturated carbocycles. The maximum atomic E-state index is 6.16. The first-order valence-corrected chi connectivity index (χ1v) is 9.48. The summed E-state index contributed by atoms with van der Waals surface area (Å²) in [6, 6.07) is 7.96. The van der Waals surface area contributed by atoms with Gasteiger partial charge in [0.25, 0.3) is 0 Å². The highest BCUT2D eigenvalue weighted by molar-refractivity contribution is 7.80. The Bertz CT molecular complexity index is 420. The van der Waals surface area contributed by atoms with Crippen molar-refractivity contribution in [1.29, 1.82) is 0 Å². The van der Waals surface area contributed by atoms with Gasteiger partial charge in [-0.2, -0.15) is 0 Å². The van der Waals surface area contributed by atoms with Gasteiger partial charge in [-0.05, 0) is 23.7 Å². The number of hydrogen-bond donors (Lipinski definition) is 1. The van der Waals surface area contributed by atoms with Gasteiger partial charge in [-0.1, -0.05) is 57.3 Å². The summed E-state index contributed by atoms with van der Waals surface area (Å²) in [6.07, 6.45) is 0. The zero-order valence-electron chi connectivity index (χ0n) is 11.9. The summed E-state index contributed by atoms with van der Waals surface area (Å²) in [6.45, 7) is 11.9. The average molecular weight is 281 g/mol. The van der Waals surface area contributed by atoms with Crippen LogP contribution in [0.1, 0.15) is 31.9 Å². The molecule has 0 aliphatic heterocycles. The van der Waals surface area contributed by atoms with Crippen molar-refractivity contribution in [3.8, 4) is 0 Å². The van der Waals surface area contributed by atoms with Crippen LogP contribution in [0, 0.1) is 0 Å². The first kappa shape index (κ1) is 15.3. The molecule has 0 unspecified atom stereocenters. The number of nitrogens with two attached hydrogens (primary N) is 1. The molecule has 0 bridgehead atoms. The van der Waals surface area contributed by atoms with E-state index < -0.39 is 8.32 Å². The van der Waals surface area contributed by atoms with Crippen LogP contribution in [0.5, 0.6) is 0 Å². The molecule has 100 valence electrons. The maximum Gasteiger partial charge on any atom is 0.192 e. The van der Waals surface area contributed by atoms with Crippen LogP contribution < -0.4 is 5.73 Å². The molecule has 0 fully saturated rings. The van der Waals surface area contributed by atoms with Gasteiger partial charge in [-0.3, -0.25) is 0 Å². The zero-order chi connectivity index (χ0) is 14.0. The van der Waals surface area contributed by atoms with Crippen LogP contribution in [-0.4, -0.2) is 13.3 Å². The van der Waals surface area contributed by atoms with Gasteiger partial charge in [0.15, 0.2) is 8.32 Å². The molecule has 4 heteroatoms. The largest absolute Gasteiger partial charge is 0.413 e. The number of rotatable bonds is 4. The van der Waals surface area contributed by atoms with Crippen LogP contribution in [0.4, 0.5) is 0 Å². The van der Waals surface area contributed by atoms with E-state index in [9.17, 15) is 0 Å². The van der Waals surface area contributed by atoms with Crippen LogP contribution in [0.3, 0.4) is 0 Å². The predicted molar refractivity (Wildman–Crippen MR) is 84.3 cm³/mol. The Hall–Kier alpha value is -0.713. The first-order valence-electron chi connectivity index (χ1n) is 6.16. The van der Waals surface area contributed by atoms with Crippen molar-refractivity contribution >= 4 is 25.5 Å². The Kier molecular flexibility index (Phi) is 4.70. The second kappa shape index (κ2) is 5.51. The van der Waals surface area contributed by atoms with Gasteiger partial charge in [0.2, 0.25) is 0 Å². The fourth-order valence-electron chi connectivity index (χ4n) is 1.25. The molecule has 1 aromatic rings. The van der Waals surface area contributed by atoms with Gasteiger partial charge in [0.1, 0.15) is 4.99 Å². The van der Waals surface area contributed by atoms with Crippen LogP contribution in [0.15, 0.2) is 24.3 Å². The van der Waals surface area contributed by atoms with Gasteiger partial charge in [-0.15, -0.1) is 0 Å². The van der Waals surface area contributed by atoms with Crippen LogP contribution in [-0.2, 0) is 11.0 Å². The molecule has 0 spiro atoms. The third-order valence-corrected chi connectivity index (χ3v) is 8.36. The van der Waals surface area contributed by atoms with E-state index in [0.717, 1.165) is 5.56 Å². The third kappa shape index (κ3) is 3.90. The molecular weight excluding hydrogens is 258 g/mol. The van der Waals surface area contributed by atoms with E-state index in [1.807, 2.05) is 24.3 Å². The summed E-state index contributed by atoms with van der Waals surface area (Å²) in [7, 11) is -1.67. The highest BCUT2D eigenvalue weighted by Gasteiger charge is 2.36. The summed E-state index contributed by atoms with van der Waals surface area (Å²) in [4.78, 5) is 0.437. The normalized spacial score (nSPS) is 12.5. The Morgan fingerprint density at radius 3 is 2.11 bits per heavy atom. The molecule has 0 atom stereocenters. The molecule has 1 aromatic carbocycles. The minimum absolute atomic E-state index is 0.242. The van der Waals surface area contributed by atoms with E-state index in [1.54, 1.807) is 0 Å². The van der Waals surface area contributed by atoms with Crippen LogP contribution in [0.25, 0.3) is 0 Å². The smallest absolute Gasteiger partial charge is 0.192 e. The monoisotopic (exact) mass is 281 g/mol. The molecule has 1 rings (SSSR count). The molecule has 0 heterocycles. The van der Waals surface area contributed by atoms with Crippen molar-refractivity contribution < 1.29 is 4.43 Å². The second-order valence-electron chi connectivity index (χ2n) is 6.11. The number of thiocarbonyl (C=S) groups is 1. The van der Waals surface area contributed by atoms with Crippen molar-refractivity contribution in [3.05, 3.63) is 35.4 Å². The van der Waals surface area contributed by atoms with Gasteiger partial charge < -0.3 is 10.2 Å². The molecule has 0 aromatic heterocycles. The van der Waals surface area contributed by atoms with E-state index in [2.05, 4.69) is 33.9 Å². The number of benzene rings is 1. The lowest BCUT2D eigenvalue weighted by molar-refractivity contribution is 0.276. The summed E-state index contributed by atoms with van der Waals surface area (Å²) in [5.41, 5.74) is 7.64. The fourth-order valence-corrected chi connectivity index (χ4v) is 2.34. The van der Waals surface area contributed by atoms with Crippen molar-refractivity contribution in [1.82, 2.24) is 0 Å². The Balaban J connectivity index is 2.67. The first-order chi connectivity index (χ1) is 8.13. The van der Waals surface area contributed by atoms with Crippen molar-refractivity contribution in [2.24, 2.45) is 5.73 Å². The lowest BCUT2D eigenvalue weighted by atomic mass is 10.1. The zero-order valence-corrected chi connectivity index (χ0v) is 13.7. The average Bonchev–Trinajstić information content (AvgIpc) is 2.25. The molecule has 2 N–H and O–H groups in total. The van der Waals surface area contributed by atoms with Gasteiger partial charge >= 0.3 is 0 Å². The van der Waals surface area contributed by atoms with Crippen LogP contribution >= 0.6 is 12.2 Å². The van der Waals surface area contributed by atoms with Crippen molar-refractivity contribution in [2.75, 3.05) is 0 Å². The molecule has 0 radical (unpaired) electrons. The Morgan fingerprint density at radius 1 is 1.22 bits per heavy atom. The molecule has 0 aliphatic rings. The standard InChI is InChI=1S/C14H23NOSSi/c1-14(2,3)18(4,5)16-10-11-6-8-12(9-7-11)13(15)17/h6-9H,10H2,1-5H3,(H2,15,17). The topological polar surface area (TPSA) is 35.2 Å². The van der Waals surface area contributed by atoms with Crippen molar-refractivity contribution in [2.45, 2.75) is 45.5 Å². The van der Waals surface area contributed by atoms with E-state index in [-0.39, 0.29) is 5.04 Å². The van der Waals surface area contributed by atoms with E-state index in [1.165, 1.54) is 5.56 Å².